The minimum atomic E-state index is -4.36. The summed E-state index contributed by atoms with van der Waals surface area (Å²) in [5.74, 6) is 5.40. The number of halogens is 3. The van der Waals surface area contributed by atoms with E-state index >= 15 is 0 Å². The van der Waals surface area contributed by atoms with E-state index in [-0.39, 0.29) is 11.9 Å². The highest BCUT2D eigenvalue weighted by atomic mass is 19.4. The molecule has 0 spiro atoms. The van der Waals surface area contributed by atoms with Gasteiger partial charge in [0.05, 0.1) is 11.6 Å². The molecule has 0 aromatic heterocycles. The van der Waals surface area contributed by atoms with Crippen molar-refractivity contribution in [3.05, 3.63) is 71.8 Å². The molecule has 1 N–H and O–H groups in total. The number of alkyl halides is 3. The first-order chi connectivity index (χ1) is 13.3. The third kappa shape index (κ3) is 4.17. The number of fused-ring (bicyclic) bond motifs is 1. The molecular weight excluding hydrogens is 363 g/mol. The topological polar surface area (TPSA) is 29.1 Å². The highest BCUT2D eigenvalue weighted by Crippen LogP contribution is 2.33. The molecule has 0 saturated heterocycles. The number of carbonyl (C=O) groups excluding carboxylic acids is 1. The van der Waals surface area contributed by atoms with Crippen LogP contribution in [0.15, 0.2) is 60.7 Å². The van der Waals surface area contributed by atoms with E-state index in [0.29, 0.717) is 11.1 Å². The Labute approximate surface area is 161 Å². The number of rotatable bonds is 3. The SMILES string of the molecule is CC#C[C@@H](C)NC(=O)c1ccc2c(-c3ccc(C(F)(F)F)cc3)cccc2c1. The zero-order chi connectivity index (χ0) is 20.3. The van der Waals surface area contributed by atoms with Crippen LogP contribution in [0.1, 0.15) is 29.8 Å². The zero-order valence-electron chi connectivity index (χ0n) is 15.4. The van der Waals surface area contributed by atoms with Crippen LogP contribution in [0.5, 0.6) is 0 Å². The molecule has 0 bridgehead atoms. The van der Waals surface area contributed by atoms with Crippen molar-refractivity contribution in [2.24, 2.45) is 0 Å². The van der Waals surface area contributed by atoms with Gasteiger partial charge in [-0.1, -0.05) is 42.3 Å². The fourth-order valence-electron chi connectivity index (χ4n) is 3.05. The quantitative estimate of drug-likeness (QED) is 0.582. The van der Waals surface area contributed by atoms with Gasteiger partial charge in [0.25, 0.3) is 5.91 Å². The summed E-state index contributed by atoms with van der Waals surface area (Å²) in [7, 11) is 0. The molecule has 0 aliphatic heterocycles. The third-order valence-corrected chi connectivity index (χ3v) is 4.37. The first kappa shape index (κ1) is 19.5. The Hall–Kier alpha value is -3.26. The maximum atomic E-state index is 12.8. The number of hydrogen-bond donors (Lipinski definition) is 1. The van der Waals surface area contributed by atoms with Gasteiger partial charge in [0.15, 0.2) is 0 Å². The summed E-state index contributed by atoms with van der Waals surface area (Å²) in [6, 6.07) is 15.6. The second-order valence-electron chi connectivity index (χ2n) is 6.41. The Morgan fingerprint density at radius 1 is 1.04 bits per heavy atom. The van der Waals surface area contributed by atoms with E-state index in [1.54, 1.807) is 26.0 Å². The van der Waals surface area contributed by atoms with Gasteiger partial charge in [-0.15, -0.1) is 5.92 Å². The molecule has 0 radical (unpaired) electrons. The smallest absolute Gasteiger partial charge is 0.339 e. The summed E-state index contributed by atoms with van der Waals surface area (Å²) < 4.78 is 38.4. The molecule has 0 heterocycles. The van der Waals surface area contributed by atoms with Crippen molar-refractivity contribution in [3.63, 3.8) is 0 Å². The van der Waals surface area contributed by atoms with Gasteiger partial charge in [0.1, 0.15) is 0 Å². The van der Waals surface area contributed by atoms with Crippen molar-refractivity contribution in [1.82, 2.24) is 5.32 Å². The Balaban J connectivity index is 1.95. The van der Waals surface area contributed by atoms with Crippen molar-refractivity contribution in [1.29, 1.82) is 0 Å². The van der Waals surface area contributed by atoms with Crippen molar-refractivity contribution < 1.29 is 18.0 Å². The number of benzene rings is 3. The third-order valence-electron chi connectivity index (χ3n) is 4.37. The van der Waals surface area contributed by atoms with Gasteiger partial charge in [-0.25, -0.2) is 0 Å². The lowest BCUT2D eigenvalue weighted by atomic mass is 9.96. The highest BCUT2D eigenvalue weighted by molar-refractivity contribution is 6.02. The summed E-state index contributed by atoms with van der Waals surface area (Å²) in [5, 5.41) is 4.50. The first-order valence-electron chi connectivity index (χ1n) is 8.73. The fraction of sp³-hybridized carbons (Fsp3) is 0.174. The monoisotopic (exact) mass is 381 g/mol. The van der Waals surface area contributed by atoms with Crippen LogP contribution < -0.4 is 5.32 Å². The average molecular weight is 381 g/mol. The molecule has 2 nitrogen and oxygen atoms in total. The predicted molar refractivity (Wildman–Crippen MR) is 105 cm³/mol. The minimum absolute atomic E-state index is 0.225. The second-order valence-corrected chi connectivity index (χ2v) is 6.41. The van der Waals surface area contributed by atoms with Gasteiger partial charge in [-0.3, -0.25) is 4.79 Å². The molecule has 0 unspecified atom stereocenters. The predicted octanol–water partition coefficient (Wildman–Crippen LogP) is 5.67. The van der Waals surface area contributed by atoms with Crippen LogP contribution in [0.4, 0.5) is 13.2 Å². The molecule has 142 valence electrons. The Morgan fingerprint density at radius 3 is 2.39 bits per heavy atom. The largest absolute Gasteiger partial charge is 0.416 e. The van der Waals surface area contributed by atoms with Crippen molar-refractivity contribution in [3.8, 4) is 23.0 Å². The minimum Gasteiger partial charge on any atom is -0.339 e. The molecule has 1 atom stereocenters. The van der Waals surface area contributed by atoms with E-state index < -0.39 is 11.7 Å². The molecule has 0 fully saturated rings. The van der Waals surface area contributed by atoms with Crippen LogP contribution in [-0.4, -0.2) is 11.9 Å². The lowest BCUT2D eigenvalue weighted by Crippen LogP contribution is -2.31. The van der Waals surface area contributed by atoms with Crippen LogP contribution in [-0.2, 0) is 6.18 Å². The van der Waals surface area contributed by atoms with Gasteiger partial charge in [0.2, 0.25) is 0 Å². The molecule has 0 saturated carbocycles. The number of nitrogens with one attached hydrogen (secondary N) is 1. The van der Waals surface area contributed by atoms with E-state index in [1.165, 1.54) is 12.1 Å². The first-order valence-corrected chi connectivity index (χ1v) is 8.73. The standard InChI is InChI=1S/C23H18F3NO/c1-3-5-15(2)27-22(28)18-10-13-21-17(14-18)6-4-7-20(21)16-8-11-19(12-9-16)23(24,25)26/h4,6-15H,1-2H3,(H,27,28)/t15-/m1/s1. The fourth-order valence-corrected chi connectivity index (χ4v) is 3.05. The summed E-state index contributed by atoms with van der Waals surface area (Å²) in [6.07, 6.45) is -4.36. The number of carbonyl (C=O) groups is 1. The highest BCUT2D eigenvalue weighted by Gasteiger charge is 2.30. The van der Waals surface area contributed by atoms with Crippen LogP contribution in [0, 0.1) is 11.8 Å². The molecular formula is C23H18F3NO. The normalized spacial score (nSPS) is 12.2. The van der Waals surface area contributed by atoms with Crippen LogP contribution in [0.2, 0.25) is 0 Å². The van der Waals surface area contributed by atoms with Gasteiger partial charge in [-0.05, 0) is 60.0 Å². The lowest BCUT2D eigenvalue weighted by molar-refractivity contribution is -0.137. The molecule has 1 amide bonds. The lowest BCUT2D eigenvalue weighted by Gasteiger charge is -2.12. The summed E-state index contributed by atoms with van der Waals surface area (Å²) in [5.41, 5.74) is 1.31. The van der Waals surface area contributed by atoms with E-state index in [9.17, 15) is 18.0 Å². The number of amides is 1. The molecule has 5 heteroatoms. The van der Waals surface area contributed by atoms with Gasteiger partial charge >= 0.3 is 6.18 Å². The molecule has 0 aliphatic rings. The van der Waals surface area contributed by atoms with Crippen LogP contribution >= 0.6 is 0 Å². The Morgan fingerprint density at radius 2 is 1.75 bits per heavy atom. The van der Waals surface area contributed by atoms with Crippen LogP contribution in [0.25, 0.3) is 21.9 Å². The average Bonchev–Trinajstić information content (AvgIpc) is 2.66. The second kappa shape index (κ2) is 7.77. The molecule has 0 aliphatic carbocycles. The van der Waals surface area contributed by atoms with E-state index in [4.69, 9.17) is 0 Å². The summed E-state index contributed by atoms with van der Waals surface area (Å²) >= 11 is 0. The zero-order valence-corrected chi connectivity index (χ0v) is 15.4. The number of hydrogen-bond acceptors (Lipinski definition) is 1. The maximum absolute atomic E-state index is 12.8. The van der Waals surface area contributed by atoms with Crippen molar-refractivity contribution in [2.75, 3.05) is 0 Å². The summed E-state index contributed by atoms with van der Waals surface area (Å²) in [4.78, 5) is 12.4. The summed E-state index contributed by atoms with van der Waals surface area (Å²) in [6.45, 7) is 3.51. The van der Waals surface area contributed by atoms with Crippen molar-refractivity contribution >= 4 is 16.7 Å². The van der Waals surface area contributed by atoms with E-state index in [0.717, 1.165) is 28.5 Å². The van der Waals surface area contributed by atoms with Gasteiger partial charge in [0, 0.05) is 5.56 Å². The molecule has 3 rings (SSSR count). The Bertz CT molecular complexity index is 1070. The van der Waals surface area contributed by atoms with Gasteiger partial charge < -0.3 is 5.32 Å². The van der Waals surface area contributed by atoms with E-state index in [1.807, 2.05) is 24.3 Å². The van der Waals surface area contributed by atoms with Gasteiger partial charge in [-0.2, -0.15) is 13.2 Å². The van der Waals surface area contributed by atoms with Crippen LogP contribution in [0.3, 0.4) is 0 Å². The van der Waals surface area contributed by atoms with Crippen molar-refractivity contribution in [2.45, 2.75) is 26.1 Å². The molecule has 28 heavy (non-hydrogen) atoms. The maximum Gasteiger partial charge on any atom is 0.416 e. The Kier molecular flexibility index (Phi) is 5.41. The molecule has 3 aromatic rings. The van der Waals surface area contributed by atoms with E-state index in [2.05, 4.69) is 17.2 Å². The molecule has 3 aromatic carbocycles.